The monoisotopic (exact) mass is 400 g/mol. The molecule has 0 unspecified atom stereocenters. The number of anilines is 1. The normalized spacial score (nSPS) is 13.9. The molecule has 2 N–H and O–H groups in total. The summed E-state index contributed by atoms with van der Waals surface area (Å²) < 4.78 is 0. The second kappa shape index (κ2) is 9.89. The second-order valence-corrected chi connectivity index (χ2v) is 7.41. The highest BCUT2D eigenvalue weighted by atomic mass is 32.1. The van der Waals surface area contributed by atoms with Crippen LogP contribution in [-0.2, 0) is 9.59 Å². The molecule has 1 saturated heterocycles. The third-order valence-corrected chi connectivity index (χ3v) is 5.44. The largest absolute Gasteiger partial charge is 0.368 e. The molecule has 0 aliphatic carbocycles. The average Bonchev–Trinajstić information content (AvgIpc) is 3.28. The predicted molar refractivity (Wildman–Crippen MR) is 110 cm³/mol. The number of rotatable bonds is 7. The Labute approximate surface area is 168 Å². The highest BCUT2D eigenvalue weighted by molar-refractivity contribution is 7.12. The minimum atomic E-state index is -0.247. The maximum Gasteiger partial charge on any atom is 0.261 e. The number of carbonyl (C=O) groups excluding carboxylic acids is 3. The van der Waals surface area contributed by atoms with Crippen molar-refractivity contribution in [3.05, 3.63) is 52.7 Å². The van der Waals surface area contributed by atoms with E-state index < -0.39 is 0 Å². The van der Waals surface area contributed by atoms with Crippen molar-refractivity contribution in [2.45, 2.75) is 6.42 Å². The van der Waals surface area contributed by atoms with Gasteiger partial charge in [-0.1, -0.05) is 24.3 Å². The summed E-state index contributed by atoms with van der Waals surface area (Å²) in [5.74, 6) is -0.512. The summed E-state index contributed by atoms with van der Waals surface area (Å²) in [7, 11) is 0. The minimum Gasteiger partial charge on any atom is -0.368 e. The summed E-state index contributed by atoms with van der Waals surface area (Å²) in [6.07, 6.45) is 0.145. The van der Waals surface area contributed by atoms with E-state index in [0.717, 1.165) is 18.8 Å². The van der Waals surface area contributed by atoms with Crippen LogP contribution in [-0.4, -0.2) is 61.9 Å². The first-order valence-electron chi connectivity index (χ1n) is 9.29. The summed E-state index contributed by atoms with van der Waals surface area (Å²) in [6, 6.07) is 13.7. The number of para-hydroxylation sites is 1. The lowest BCUT2D eigenvalue weighted by molar-refractivity contribution is -0.133. The molecule has 0 atom stereocenters. The molecular formula is C20H24N4O3S. The van der Waals surface area contributed by atoms with E-state index in [-0.39, 0.29) is 37.2 Å². The van der Waals surface area contributed by atoms with Crippen LogP contribution in [0.5, 0.6) is 0 Å². The lowest BCUT2D eigenvalue weighted by Crippen LogP contribution is -2.51. The second-order valence-electron chi connectivity index (χ2n) is 6.46. The zero-order valence-electron chi connectivity index (χ0n) is 15.6. The van der Waals surface area contributed by atoms with E-state index in [9.17, 15) is 14.4 Å². The fourth-order valence-electron chi connectivity index (χ4n) is 3.01. The molecule has 1 aliphatic rings. The van der Waals surface area contributed by atoms with Crippen molar-refractivity contribution in [2.75, 3.05) is 44.2 Å². The number of benzene rings is 1. The Balaban J connectivity index is 1.32. The smallest absolute Gasteiger partial charge is 0.261 e. The number of carbonyl (C=O) groups is 3. The molecule has 1 aromatic carbocycles. The fourth-order valence-corrected chi connectivity index (χ4v) is 3.65. The van der Waals surface area contributed by atoms with E-state index in [0.29, 0.717) is 18.0 Å². The fraction of sp³-hybridized carbons (Fsp3) is 0.350. The number of piperazine rings is 1. The first kappa shape index (κ1) is 19.9. The Morgan fingerprint density at radius 2 is 1.68 bits per heavy atom. The summed E-state index contributed by atoms with van der Waals surface area (Å²) in [5.41, 5.74) is 1.16. The van der Waals surface area contributed by atoms with Gasteiger partial charge in [-0.05, 0) is 23.6 Å². The van der Waals surface area contributed by atoms with E-state index >= 15 is 0 Å². The first-order chi connectivity index (χ1) is 13.6. The number of hydrogen-bond donors (Lipinski definition) is 2. The molecule has 7 nitrogen and oxygen atoms in total. The van der Waals surface area contributed by atoms with Gasteiger partial charge in [-0.25, -0.2) is 0 Å². The molecule has 0 saturated carbocycles. The van der Waals surface area contributed by atoms with Gasteiger partial charge in [0.25, 0.3) is 5.91 Å². The first-order valence-corrected chi connectivity index (χ1v) is 10.2. The van der Waals surface area contributed by atoms with Crippen molar-refractivity contribution in [2.24, 2.45) is 0 Å². The predicted octanol–water partition coefficient (Wildman–Crippen LogP) is 1.33. The Morgan fingerprint density at radius 3 is 2.36 bits per heavy atom. The van der Waals surface area contributed by atoms with Gasteiger partial charge >= 0.3 is 0 Å². The molecule has 3 amide bonds. The van der Waals surface area contributed by atoms with Crippen molar-refractivity contribution in [1.29, 1.82) is 0 Å². The molecule has 2 aromatic rings. The summed E-state index contributed by atoms with van der Waals surface area (Å²) >= 11 is 1.35. The standard InChI is InChI=1S/C20H24N4O3S/c25-18(8-9-21-20(27)17-7-4-14-28-17)22-15-19(26)24-12-10-23(11-13-24)16-5-2-1-3-6-16/h1-7,14H,8-13,15H2,(H,21,27)(H,22,25). The van der Waals surface area contributed by atoms with Crippen LogP contribution in [0.1, 0.15) is 16.1 Å². The van der Waals surface area contributed by atoms with Crippen LogP contribution < -0.4 is 15.5 Å². The Bertz CT molecular complexity index is 787. The molecule has 0 spiro atoms. The molecule has 1 aliphatic heterocycles. The number of nitrogens with one attached hydrogen (secondary N) is 2. The van der Waals surface area contributed by atoms with Gasteiger partial charge in [-0.15, -0.1) is 11.3 Å². The molecule has 1 aromatic heterocycles. The van der Waals surface area contributed by atoms with E-state index in [1.807, 2.05) is 23.6 Å². The van der Waals surface area contributed by atoms with Crippen LogP contribution in [0.2, 0.25) is 0 Å². The summed E-state index contributed by atoms with van der Waals surface area (Å²) in [5, 5.41) is 7.16. The van der Waals surface area contributed by atoms with Crippen LogP contribution in [0.25, 0.3) is 0 Å². The van der Waals surface area contributed by atoms with E-state index in [2.05, 4.69) is 27.7 Å². The van der Waals surface area contributed by atoms with Gasteiger partial charge in [0.1, 0.15) is 0 Å². The minimum absolute atomic E-state index is 0.0109. The number of hydrogen-bond acceptors (Lipinski definition) is 5. The Kier molecular flexibility index (Phi) is 7.02. The van der Waals surface area contributed by atoms with Crippen LogP contribution in [0.4, 0.5) is 5.69 Å². The van der Waals surface area contributed by atoms with E-state index in [1.165, 1.54) is 11.3 Å². The van der Waals surface area contributed by atoms with Crippen molar-refractivity contribution in [3.8, 4) is 0 Å². The Morgan fingerprint density at radius 1 is 0.929 bits per heavy atom. The summed E-state index contributed by atoms with van der Waals surface area (Å²) in [4.78, 5) is 40.6. The quantitative estimate of drug-likeness (QED) is 0.735. The van der Waals surface area contributed by atoms with Crippen LogP contribution in [0.3, 0.4) is 0 Å². The van der Waals surface area contributed by atoms with Crippen LogP contribution in [0, 0.1) is 0 Å². The van der Waals surface area contributed by atoms with Gasteiger partial charge in [-0.3, -0.25) is 14.4 Å². The van der Waals surface area contributed by atoms with Crippen molar-refractivity contribution >= 4 is 34.7 Å². The third-order valence-electron chi connectivity index (χ3n) is 4.57. The van der Waals surface area contributed by atoms with Gasteiger partial charge in [0.2, 0.25) is 11.8 Å². The molecule has 148 valence electrons. The zero-order chi connectivity index (χ0) is 19.8. The lowest BCUT2D eigenvalue weighted by Gasteiger charge is -2.36. The van der Waals surface area contributed by atoms with Crippen LogP contribution >= 0.6 is 11.3 Å². The molecule has 3 rings (SSSR count). The van der Waals surface area contributed by atoms with Crippen molar-refractivity contribution in [1.82, 2.24) is 15.5 Å². The lowest BCUT2D eigenvalue weighted by atomic mass is 10.2. The molecule has 2 heterocycles. The SMILES string of the molecule is O=C(CCNC(=O)c1cccs1)NCC(=O)N1CCN(c2ccccc2)CC1. The average molecular weight is 401 g/mol. The van der Waals surface area contributed by atoms with Gasteiger partial charge in [0, 0.05) is 44.8 Å². The molecular weight excluding hydrogens is 376 g/mol. The maximum atomic E-state index is 12.3. The van der Waals surface area contributed by atoms with E-state index in [1.54, 1.807) is 17.0 Å². The van der Waals surface area contributed by atoms with E-state index in [4.69, 9.17) is 0 Å². The Hall–Kier alpha value is -2.87. The number of nitrogens with zero attached hydrogens (tertiary/aromatic N) is 2. The number of thiophene rings is 1. The van der Waals surface area contributed by atoms with Crippen LogP contribution in [0.15, 0.2) is 47.8 Å². The van der Waals surface area contributed by atoms with Gasteiger partial charge in [0.05, 0.1) is 11.4 Å². The maximum absolute atomic E-state index is 12.3. The van der Waals surface area contributed by atoms with Crippen molar-refractivity contribution < 1.29 is 14.4 Å². The highest BCUT2D eigenvalue weighted by Gasteiger charge is 2.21. The molecule has 1 fully saturated rings. The van der Waals surface area contributed by atoms with Gasteiger partial charge in [-0.2, -0.15) is 0 Å². The van der Waals surface area contributed by atoms with Crippen molar-refractivity contribution in [3.63, 3.8) is 0 Å². The summed E-state index contributed by atoms with van der Waals surface area (Å²) in [6.45, 7) is 3.06. The van der Waals surface area contributed by atoms with Gasteiger partial charge in [0.15, 0.2) is 0 Å². The molecule has 8 heteroatoms. The third kappa shape index (κ3) is 5.56. The molecule has 0 radical (unpaired) electrons. The molecule has 28 heavy (non-hydrogen) atoms. The highest BCUT2D eigenvalue weighted by Crippen LogP contribution is 2.15. The molecule has 0 bridgehead atoms. The number of amides is 3. The topological polar surface area (TPSA) is 81.8 Å². The zero-order valence-corrected chi connectivity index (χ0v) is 16.4. The van der Waals surface area contributed by atoms with Gasteiger partial charge < -0.3 is 20.4 Å².